The second-order valence-electron chi connectivity index (χ2n) is 10.1. The molecule has 1 saturated carbocycles. The molecule has 0 spiro atoms. The molecule has 2 aliphatic rings. The first kappa shape index (κ1) is 28.2. The van der Waals surface area contributed by atoms with Crippen LogP contribution < -0.4 is 0 Å². The highest BCUT2D eigenvalue weighted by Gasteiger charge is 2.39. The van der Waals surface area contributed by atoms with Crippen LogP contribution in [0.3, 0.4) is 0 Å². The van der Waals surface area contributed by atoms with Gasteiger partial charge in [0.05, 0.1) is 11.8 Å². The summed E-state index contributed by atoms with van der Waals surface area (Å²) < 4.78 is 5.94. The fourth-order valence-corrected chi connectivity index (χ4v) is 4.79. The lowest BCUT2D eigenvalue weighted by molar-refractivity contribution is -0.148. The molecule has 5 unspecified atom stereocenters. The smallest absolute Gasteiger partial charge is 0.306 e. The average molecular weight is 472 g/mol. The van der Waals surface area contributed by atoms with E-state index in [1.807, 2.05) is 65.9 Å². The number of carbonyl (C=O) groups excluding carboxylic acids is 2. The molecule has 3 rings (SSSR count). The van der Waals surface area contributed by atoms with E-state index in [4.69, 9.17) is 4.74 Å². The monoisotopic (exact) mass is 471 g/mol. The van der Waals surface area contributed by atoms with Crippen LogP contribution in [0.25, 0.3) is 6.08 Å². The van der Waals surface area contributed by atoms with Gasteiger partial charge in [-0.15, -0.1) is 0 Å². The van der Waals surface area contributed by atoms with Gasteiger partial charge in [0.15, 0.2) is 0 Å². The van der Waals surface area contributed by atoms with Crippen molar-refractivity contribution in [2.45, 2.75) is 105 Å². The van der Waals surface area contributed by atoms with Gasteiger partial charge in [0.2, 0.25) is 0 Å². The lowest BCUT2D eigenvalue weighted by Gasteiger charge is -2.23. The molecule has 1 N–H and O–H groups in total. The van der Waals surface area contributed by atoms with Crippen LogP contribution in [0, 0.1) is 30.6 Å². The van der Waals surface area contributed by atoms with E-state index >= 15 is 0 Å². The number of ketones is 1. The normalized spacial score (nSPS) is 31.6. The number of aliphatic hydroxyl groups is 1. The summed E-state index contributed by atoms with van der Waals surface area (Å²) in [6, 6.07) is 4.02. The number of carbonyl (C=O) groups is 2. The van der Waals surface area contributed by atoms with Crippen molar-refractivity contribution in [3.05, 3.63) is 35.2 Å². The van der Waals surface area contributed by atoms with E-state index in [-0.39, 0.29) is 36.1 Å². The second-order valence-corrected chi connectivity index (χ2v) is 10.1. The Balaban J connectivity index is 0.00000199. The van der Waals surface area contributed by atoms with Crippen molar-refractivity contribution in [3.63, 3.8) is 0 Å². The number of aromatic nitrogens is 1. The first-order valence-electron chi connectivity index (χ1n) is 13.3. The quantitative estimate of drug-likeness (QED) is 0.511. The van der Waals surface area contributed by atoms with Crippen molar-refractivity contribution >= 4 is 17.8 Å². The number of esters is 1. The van der Waals surface area contributed by atoms with Crippen molar-refractivity contribution < 1.29 is 19.4 Å². The fourth-order valence-electron chi connectivity index (χ4n) is 4.79. The van der Waals surface area contributed by atoms with Crippen LogP contribution in [0.5, 0.6) is 0 Å². The SMILES string of the molecule is C/C(=C\c1ccc(C)cn1)C1CC2CC2CCCCC(O)[C@@H](C)C(=O)C(C)CCC(=O)O1.CC. The topological polar surface area (TPSA) is 76.5 Å². The number of pyridine rings is 1. The summed E-state index contributed by atoms with van der Waals surface area (Å²) in [7, 11) is 0. The zero-order valence-electron chi connectivity index (χ0n) is 22.0. The van der Waals surface area contributed by atoms with Crippen LogP contribution >= 0.6 is 0 Å². The Kier molecular flexibility index (Phi) is 11.4. The van der Waals surface area contributed by atoms with E-state index in [0.29, 0.717) is 24.7 Å². The minimum Gasteiger partial charge on any atom is -0.458 e. The number of cyclic esters (lactones) is 1. The van der Waals surface area contributed by atoms with Gasteiger partial charge >= 0.3 is 5.97 Å². The maximum Gasteiger partial charge on any atom is 0.306 e. The Bertz CT molecular complexity index is 816. The van der Waals surface area contributed by atoms with E-state index in [1.54, 1.807) is 0 Å². The van der Waals surface area contributed by atoms with Crippen molar-refractivity contribution in [1.29, 1.82) is 0 Å². The third-order valence-corrected chi connectivity index (χ3v) is 7.30. The van der Waals surface area contributed by atoms with Crippen molar-refractivity contribution in [3.8, 4) is 0 Å². The Morgan fingerprint density at radius 3 is 2.44 bits per heavy atom. The van der Waals surface area contributed by atoms with Crippen LogP contribution in [-0.2, 0) is 14.3 Å². The van der Waals surface area contributed by atoms with Crippen LogP contribution in [0.2, 0.25) is 0 Å². The molecule has 5 heteroatoms. The minimum atomic E-state index is -0.590. The van der Waals surface area contributed by atoms with Gasteiger partial charge in [-0.3, -0.25) is 14.6 Å². The number of fused-ring (bicyclic) bond motifs is 1. The van der Waals surface area contributed by atoms with Crippen LogP contribution in [0.4, 0.5) is 0 Å². The third kappa shape index (κ3) is 8.65. The van der Waals surface area contributed by atoms with E-state index in [1.165, 1.54) is 6.42 Å². The molecular formula is C29H45NO4. The molecular weight excluding hydrogens is 426 g/mol. The number of hydrogen-bond donors (Lipinski definition) is 1. The molecule has 0 radical (unpaired) electrons. The molecule has 1 saturated heterocycles. The van der Waals surface area contributed by atoms with Gasteiger partial charge < -0.3 is 9.84 Å². The first-order chi connectivity index (χ1) is 16.2. The van der Waals surface area contributed by atoms with Gasteiger partial charge in [0.1, 0.15) is 11.9 Å². The van der Waals surface area contributed by atoms with E-state index < -0.39 is 6.10 Å². The lowest BCUT2D eigenvalue weighted by Crippen LogP contribution is -2.30. The zero-order chi connectivity index (χ0) is 25.3. The molecule has 2 fully saturated rings. The van der Waals surface area contributed by atoms with Crippen LogP contribution in [-0.4, -0.2) is 34.1 Å². The summed E-state index contributed by atoms with van der Waals surface area (Å²) in [6.07, 6.45) is 9.55. The standard InChI is InChI=1S/C27H39NO4.C2H6/c1-17-9-11-23(28-16-17)13-19(3)25-15-22-14-21(22)7-5-6-8-24(29)20(4)27(31)18(2)10-12-26(30)32-25;1-2/h9,11,13,16,18,20-22,24-25,29H,5-8,10,12,14-15H2,1-4H3;1-2H3/b19-13+;/t18?,20-,21?,22?,24?,25?;/m1./s1. The zero-order valence-corrected chi connectivity index (χ0v) is 22.0. The number of ether oxygens (including phenoxy) is 1. The molecule has 6 atom stereocenters. The molecule has 1 aliphatic carbocycles. The number of aliphatic hydroxyl groups excluding tert-OH is 1. The summed E-state index contributed by atoms with van der Waals surface area (Å²) in [4.78, 5) is 29.8. The van der Waals surface area contributed by atoms with E-state index in [0.717, 1.165) is 42.5 Å². The van der Waals surface area contributed by atoms with Gasteiger partial charge in [0, 0.05) is 24.5 Å². The largest absolute Gasteiger partial charge is 0.458 e. The highest BCUT2D eigenvalue weighted by molar-refractivity contribution is 5.83. The van der Waals surface area contributed by atoms with E-state index in [9.17, 15) is 14.7 Å². The number of hydrogen-bond acceptors (Lipinski definition) is 5. The van der Waals surface area contributed by atoms with Crippen molar-refractivity contribution in [2.75, 3.05) is 0 Å². The summed E-state index contributed by atoms with van der Waals surface area (Å²) in [5, 5.41) is 10.4. The Morgan fingerprint density at radius 2 is 1.76 bits per heavy atom. The first-order valence-corrected chi connectivity index (χ1v) is 13.3. The predicted octanol–water partition coefficient (Wildman–Crippen LogP) is 6.31. The minimum absolute atomic E-state index is 0.0396. The third-order valence-electron chi connectivity index (χ3n) is 7.30. The fraction of sp³-hybridized carbons (Fsp3) is 0.690. The molecule has 0 bridgehead atoms. The molecule has 0 amide bonds. The summed E-state index contributed by atoms with van der Waals surface area (Å²) in [6.45, 7) is 11.7. The van der Waals surface area contributed by atoms with Gasteiger partial charge in [-0.25, -0.2) is 0 Å². The Hall–Kier alpha value is -2.01. The van der Waals surface area contributed by atoms with Gasteiger partial charge in [-0.05, 0) is 74.6 Å². The molecule has 1 aliphatic heterocycles. The molecule has 1 aromatic rings. The molecule has 2 heterocycles. The average Bonchev–Trinajstić information content (AvgIpc) is 3.58. The summed E-state index contributed by atoms with van der Waals surface area (Å²) in [5.41, 5.74) is 3.00. The molecule has 0 aromatic carbocycles. The molecule has 1 aromatic heterocycles. The van der Waals surface area contributed by atoms with E-state index in [2.05, 4.69) is 4.98 Å². The van der Waals surface area contributed by atoms with Gasteiger partial charge in [0.25, 0.3) is 0 Å². The number of rotatable bonds is 2. The summed E-state index contributed by atoms with van der Waals surface area (Å²) >= 11 is 0. The molecule has 5 nitrogen and oxygen atoms in total. The maximum absolute atomic E-state index is 12.7. The Morgan fingerprint density at radius 1 is 1.06 bits per heavy atom. The second kappa shape index (κ2) is 13.8. The highest BCUT2D eigenvalue weighted by Crippen LogP contribution is 2.46. The van der Waals surface area contributed by atoms with Crippen molar-refractivity contribution in [2.24, 2.45) is 23.7 Å². The number of aryl methyl sites for hydroxylation is 1. The number of nitrogens with zero attached hydrogens (tertiary/aromatic N) is 1. The van der Waals surface area contributed by atoms with Gasteiger partial charge in [-0.2, -0.15) is 0 Å². The molecule has 190 valence electrons. The predicted molar refractivity (Wildman–Crippen MR) is 137 cm³/mol. The highest BCUT2D eigenvalue weighted by atomic mass is 16.5. The lowest BCUT2D eigenvalue weighted by atomic mass is 9.86. The van der Waals surface area contributed by atoms with Gasteiger partial charge in [-0.1, -0.05) is 53.0 Å². The molecule has 34 heavy (non-hydrogen) atoms. The van der Waals surface area contributed by atoms with Crippen LogP contribution in [0.15, 0.2) is 23.9 Å². The maximum atomic E-state index is 12.7. The van der Waals surface area contributed by atoms with Crippen molar-refractivity contribution in [1.82, 2.24) is 4.98 Å². The number of Topliss-reactive ketones (excluding diaryl/α,β-unsaturated/α-hetero) is 1. The van der Waals surface area contributed by atoms with Crippen LogP contribution in [0.1, 0.15) is 97.2 Å². The Labute approximate surface area is 206 Å². The summed E-state index contributed by atoms with van der Waals surface area (Å²) in [5.74, 6) is 0.391.